The van der Waals surface area contributed by atoms with E-state index in [9.17, 15) is 0 Å². The number of pyridine rings is 4. The van der Waals surface area contributed by atoms with E-state index in [0.717, 1.165) is 102 Å². The molecule has 14 aromatic carbocycles. The minimum atomic E-state index is -0.102. The van der Waals surface area contributed by atoms with Gasteiger partial charge in [-0.2, -0.15) is 0 Å². The van der Waals surface area contributed by atoms with E-state index in [-0.39, 0.29) is 25.0 Å². The average Bonchev–Trinajstić information content (AvgIpc) is 0.696. The predicted octanol–water partition coefficient (Wildman–Crippen LogP) is 26.0. The van der Waals surface area contributed by atoms with Gasteiger partial charge in [-0.1, -0.05) is 316 Å². The fourth-order valence-corrected chi connectivity index (χ4v) is 17.3. The van der Waals surface area contributed by atoms with Gasteiger partial charge >= 0.3 is 0 Å². The molecule has 18 aromatic rings. The van der Waals surface area contributed by atoms with Crippen molar-refractivity contribution in [1.82, 2.24) is 19.9 Å². The van der Waals surface area contributed by atoms with Crippen molar-refractivity contribution in [3.05, 3.63) is 416 Å². The lowest BCUT2D eigenvalue weighted by molar-refractivity contribution is 0.590. The number of hydrogen-bond donors (Lipinski definition) is 0. The molecule has 572 valence electrons. The van der Waals surface area contributed by atoms with Gasteiger partial charge in [-0.15, -0.1) is 0 Å². The van der Waals surface area contributed by atoms with E-state index in [1.165, 1.54) is 94.1 Å². The standard InChI is InChI=1S/C54H43BN4.C54H46N4.CH4/c1-54(2,3)42-32-49-51-50(33-42)59(35-37-16-8-5-9-17-37)48-25-23-41(53-44-21-13-11-19-39(44)27-29-57-53)31-46(48)55(51)45-30-40(52-43-20-12-10-18-38(43)26-28-56-52)22-24-47(45)58(49)34-36-14-6-4-7-15-36;1-54(2,3)45-34-48(57(37-39-14-6-4-7-15-39)46-26-22-43(23-27-46)52-50-20-12-10-18-41(50)30-32-55-52)36-49(35-45)58(38-40-16-8-5-9-17-40)47-28-24-44(25-29-47)53-51-21-13-11-19-42(51)31-33-56-53;/h4-33H,34-35H2,1-3H3;4-36H,37-38H2,1-3H3;1H4. The van der Waals surface area contributed by atoms with Gasteiger partial charge in [0, 0.05) is 140 Å². The van der Waals surface area contributed by atoms with Crippen molar-refractivity contribution < 1.29 is 0 Å². The third kappa shape index (κ3) is 14.9. The van der Waals surface area contributed by atoms with Crippen LogP contribution < -0.4 is 36.0 Å². The Morgan fingerprint density at radius 1 is 0.271 bits per heavy atom. The third-order valence-corrected chi connectivity index (χ3v) is 23.4. The van der Waals surface area contributed by atoms with E-state index in [0.29, 0.717) is 13.1 Å². The lowest BCUT2D eigenvalue weighted by Gasteiger charge is -2.45. The molecule has 0 unspecified atom stereocenters. The number of rotatable bonds is 16. The van der Waals surface area contributed by atoms with Crippen molar-refractivity contribution >= 4 is 112 Å². The quantitative estimate of drug-likeness (QED) is 0.0887. The zero-order valence-corrected chi connectivity index (χ0v) is 66.9. The zero-order valence-electron chi connectivity index (χ0n) is 66.9. The first-order valence-electron chi connectivity index (χ1n) is 40.7. The molecule has 0 fully saturated rings. The largest absolute Gasteiger partial charge is 0.338 e. The molecule has 20 rings (SSSR count). The summed E-state index contributed by atoms with van der Waals surface area (Å²) in [7, 11) is 0. The van der Waals surface area contributed by atoms with Crippen LogP contribution in [-0.2, 0) is 37.0 Å². The fraction of sp³-hybridized carbons (Fsp3) is 0.119. The minimum Gasteiger partial charge on any atom is -0.338 e. The van der Waals surface area contributed by atoms with E-state index < -0.39 is 0 Å². The molecule has 8 nitrogen and oxygen atoms in total. The zero-order chi connectivity index (χ0) is 79.1. The summed E-state index contributed by atoms with van der Waals surface area (Å²) in [6, 6.07) is 130. The van der Waals surface area contributed by atoms with Crippen LogP contribution >= 0.6 is 0 Å². The predicted molar refractivity (Wildman–Crippen MR) is 500 cm³/mol. The molecule has 0 atom stereocenters. The van der Waals surface area contributed by atoms with Crippen molar-refractivity contribution in [2.24, 2.45) is 0 Å². The summed E-state index contributed by atoms with van der Waals surface area (Å²) >= 11 is 0. The number of anilines is 8. The Bertz CT molecular complexity index is 6280. The second kappa shape index (κ2) is 32.0. The van der Waals surface area contributed by atoms with Crippen LogP contribution in [0.5, 0.6) is 0 Å². The van der Waals surface area contributed by atoms with Crippen LogP contribution in [0.4, 0.5) is 45.5 Å². The summed E-state index contributed by atoms with van der Waals surface area (Å²) in [5.41, 5.74) is 29.3. The summed E-state index contributed by atoms with van der Waals surface area (Å²) in [6.45, 7) is 16.8. The molecule has 0 amide bonds. The molecular weight excluding hydrogens is 1430 g/mol. The molecule has 6 heterocycles. The molecule has 4 aromatic heterocycles. The van der Waals surface area contributed by atoms with Crippen LogP contribution in [0.3, 0.4) is 0 Å². The molecule has 0 spiro atoms. The molecule has 0 saturated heterocycles. The van der Waals surface area contributed by atoms with Gasteiger partial charge in [0.1, 0.15) is 0 Å². The van der Waals surface area contributed by atoms with Crippen LogP contribution in [-0.4, -0.2) is 26.6 Å². The molecule has 9 heteroatoms. The van der Waals surface area contributed by atoms with E-state index in [1.54, 1.807) is 0 Å². The lowest BCUT2D eigenvalue weighted by atomic mass is 9.33. The highest BCUT2D eigenvalue weighted by atomic mass is 15.2. The van der Waals surface area contributed by atoms with Gasteiger partial charge in [0.25, 0.3) is 6.71 Å². The number of benzene rings is 14. The Morgan fingerprint density at radius 2 is 0.568 bits per heavy atom. The van der Waals surface area contributed by atoms with Crippen LogP contribution in [0.25, 0.3) is 88.1 Å². The molecule has 2 aliphatic heterocycles. The van der Waals surface area contributed by atoms with Crippen molar-refractivity contribution in [3.63, 3.8) is 0 Å². The summed E-state index contributed by atoms with van der Waals surface area (Å²) in [6.07, 6.45) is 7.70. The Kier molecular flexibility index (Phi) is 20.4. The molecule has 0 N–H and O–H groups in total. The highest BCUT2D eigenvalue weighted by Gasteiger charge is 2.44. The van der Waals surface area contributed by atoms with Gasteiger partial charge in [0.15, 0.2) is 0 Å². The van der Waals surface area contributed by atoms with Gasteiger partial charge in [0.05, 0.1) is 22.8 Å². The van der Waals surface area contributed by atoms with Crippen molar-refractivity contribution in [2.75, 3.05) is 19.6 Å². The van der Waals surface area contributed by atoms with Crippen molar-refractivity contribution in [1.29, 1.82) is 0 Å². The maximum absolute atomic E-state index is 5.03. The molecule has 2 aliphatic rings. The van der Waals surface area contributed by atoms with E-state index in [1.807, 2.05) is 24.8 Å². The average molecular weight is 1530 g/mol. The minimum absolute atomic E-state index is 0. The first kappa shape index (κ1) is 75.3. The highest BCUT2D eigenvalue weighted by molar-refractivity contribution is 7.00. The summed E-state index contributed by atoms with van der Waals surface area (Å²) < 4.78 is 0. The van der Waals surface area contributed by atoms with Crippen molar-refractivity contribution in [2.45, 2.75) is 86.0 Å². The first-order chi connectivity index (χ1) is 57.3. The van der Waals surface area contributed by atoms with Gasteiger partial charge in [-0.05, 0) is 173 Å². The number of hydrogen-bond acceptors (Lipinski definition) is 8. The summed E-state index contributed by atoms with van der Waals surface area (Å²) in [4.78, 5) is 29.8. The fourth-order valence-electron chi connectivity index (χ4n) is 17.3. The van der Waals surface area contributed by atoms with Crippen LogP contribution in [0.15, 0.2) is 383 Å². The molecular formula is C109H93BN8. The van der Waals surface area contributed by atoms with Crippen LogP contribution in [0.1, 0.15) is 82.3 Å². The summed E-state index contributed by atoms with van der Waals surface area (Å²) in [5, 5.41) is 9.38. The maximum Gasteiger partial charge on any atom is 0.252 e. The normalized spacial score (nSPS) is 12.2. The number of fused-ring (bicyclic) bond motifs is 8. The van der Waals surface area contributed by atoms with Gasteiger partial charge in [-0.3, -0.25) is 19.9 Å². The maximum atomic E-state index is 5.03. The van der Waals surface area contributed by atoms with Gasteiger partial charge < -0.3 is 19.6 Å². The Balaban J connectivity index is 0.000000161. The molecule has 0 bridgehead atoms. The van der Waals surface area contributed by atoms with Gasteiger partial charge in [0.2, 0.25) is 0 Å². The second-order valence-corrected chi connectivity index (χ2v) is 33.0. The Morgan fingerprint density at radius 3 is 0.907 bits per heavy atom. The Labute approximate surface area is 693 Å². The Hall–Kier alpha value is -14.0. The van der Waals surface area contributed by atoms with Crippen LogP contribution in [0.2, 0.25) is 0 Å². The third-order valence-electron chi connectivity index (χ3n) is 23.4. The van der Waals surface area contributed by atoms with E-state index in [4.69, 9.17) is 19.9 Å². The molecule has 0 aliphatic carbocycles. The van der Waals surface area contributed by atoms with Crippen LogP contribution in [0, 0.1) is 0 Å². The highest BCUT2D eigenvalue weighted by Crippen LogP contribution is 2.46. The van der Waals surface area contributed by atoms with Gasteiger partial charge in [-0.25, -0.2) is 0 Å². The second-order valence-electron chi connectivity index (χ2n) is 33.0. The topological polar surface area (TPSA) is 64.5 Å². The summed E-state index contributed by atoms with van der Waals surface area (Å²) in [5.74, 6) is 0. The molecule has 0 saturated carbocycles. The van der Waals surface area contributed by atoms with E-state index in [2.05, 4.69) is 419 Å². The van der Waals surface area contributed by atoms with E-state index >= 15 is 0 Å². The number of nitrogens with zero attached hydrogens (tertiary/aromatic N) is 8. The lowest BCUT2D eigenvalue weighted by Crippen LogP contribution is -2.62. The number of aromatic nitrogens is 4. The SMILES string of the molecule is C.CC(C)(C)c1cc(N(Cc2ccccc2)c2ccc(-c3nccc4ccccc34)cc2)cc(N(Cc2ccccc2)c2ccc(-c3nccc4ccccc34)cc2)c1.CC(C)(C)c1cc2c3c(c1)N(Cc1ccccc1)c1ccc(-c4nccc5ccccc45)cc1B3c1cc(-c3nccc4ccccc34)ccc1N2Cc1ccccc1. The van der Waals surface area contributed by atoms with Crippen molar-refractivity contribution in [3.8, 4) is 45.0 Å². The first-order valence-corrected chi connectivity index (χ1v) is 40.7. The smallest absolute Gasteiger partial charge is 0.252 e. The molecule has 118 heavy (non-hydrogen) atoms. The molecule has 0 radical (unpaired) electrons. The monoisotopic (exact) mass is 1520 g/mol.